The number of hydrogen-bond acceptors (Lipinski definition) is 7. The van der Waals surface area contributed by atoms with Crippen LogP contribution in [0.15, 0.2) is 0 Å². The van der Waals surface area contributed by atoms with Crippen molar-refractivity contribution in [3.8, 4) is 0 Å². The molecule has 0 amide bonds. The summed E-state index contributed by atoms with van der Waals surface area (Å²) in [6.45, 7) is 0. The summed E-state index contributed by atoms with van der Waals surface area (Å²) in [5.41, 5.74) is 5.18. The van der Waals surface area contributed by atoms with E-state index in [1.165, 1.54) is 20.7 Å². The second kappa shape index (κ2) is 4.57. The van der Waals surface area contributed by atoms with E-state index in [4.69, 9.17) is 26.5 Å². The number of anilines is 1. The molecule has 0 bridgehead atoms. The van der Waals surface area contributed by atoms with Gasteiger partial charge in [0, 0.05) is 0 Å². The molecule has 0 aliphatic heterocycles. The van der Waals surface area contributed by atoms with Crippen molar-refractivity contribution in [2.45, 2.75) is 0 Å². The first-order chi connectivity index (χ1) is 5.02. The van der Waals surface area contributed by atoms with Gasteiger partial charge >= 0.3 is 0 Å². The van der Waals surface area contributed by atoms with Gasteiger partial charge in [-0.3, -0.25) is 5.41 Å². The number of rotatable bonds is 0. The van der Waals surface area contributed by atoms with Gasteiger partial charge in [0.25, 0.3) is 5.09 Å². The molecule has 11 heavy (non-hydrogen) atoms. The van der Waals surface area contributed by atoms with E-state index in [0.29, 0.717) is 9.93 Å². The molecule has 0 saturated carbocycles. The van der Waals surface area contributed by atoms with Crippen molar-refractivity contribution < 1.29 is 10.3 Å². The zero-order valence-electron chi connectivity index (χ0n) is 5.05. The topological polar surface area (TPSA) is 126 Å². The van der Waals surface area contributed by atoms with E-state index in [-0.39, 0.29) is 0 Å². The maximum atomic E-state index is 8.36. The molecule has 0 radical (unpaired) electrons. The highest BCUT2D eigenvalue weighted by Crippen LogP contribution is 2.05. The third kappa shape index (κ3) is 6.67. The van der Waals surface area contributed by atoms with Gasteiger partial charge in [-0.05, 0) is 20.7 Å². The van der Waals surface area contributed by atoms with Crippen molar-refractivity contribution in [3.05, 3.63) is 14.9 Å². The second-order valence-electron chi connectivity index (χ2n) is 1.16. The van der Waals surface area contributed by atoms with E-state index < -0.39 is 5.09 Å². The minimum Gasteiger partial charge on any atom is -0.374 e. The van der Waals surface area contributed by atoms with Crippen molar-refractivity contribution in [2.75, 3.05) is 5.73 Å². The van der Waals surface area contributed by atoms with Crippen LogP contribution in [-0.4, -0.2) is 15.3 Å². The Morgan fingerprint density at radius 2 is 2.18 bits per heavy atom. The highest BCUT2D eigenvalue weighted by atomic mass is 32.9. The molecule has 0 aliphatic carbocycles. The Balaban J connectivity index is 0.000000218. The van der Waals surface area contributed by atoms with Crippen LogP contribution in [0.25, 0.3) is 0 Å². The van der Waals surface area contributed by atoms with E-state index in [1.807, 2.05) is 0 Å². The largest absolute Gasteiger partial charge is 0.374 e. The van der Waals surface area contributed by atoms with Gasteiger partial charge in [-0.15, -0.1) is 10.1 Å². The zero-order chi connectivity index (χ0) is 8.85. The lowest BCUT2D eigenvalue weighted by Gasteiger charge is -1.66. The molecule has 0 aromatic carbocycles. The monoisotopic (exact) mass is 196 g/mol. The van der Waals surface area contributed by atoms with E-state index in [0.717, 1.165) is 0 Å². The van der Waals surface area contributed by atoms with Crippen LogP contribution < -0.4 is 10.5 Å². The smallest absolute Gasteiger partial charge is 0.291 e. The number of nitrogens with zero attached hydrogens (tertiary/aromatic N) is 2. The van der Waals surface area contributed by atoms with Crippen molar-refractivity contribution in [2.24, 2.45) is 0 Å². The van der Waals surface area contributed by atoms with Gasteiger partial charge in [0.05, 0.1) is 0 Å². The van der Waals surface area contributed by atoms with E-state index >= 15 is 0 Å². The van der Waals surface area contributed by atoms with Crippen LogP contribution >= 0.6 is 20.7 Å². The van der Waals surface area contributed by atoms with Gasteiger partial charge in [0.15, 0.2) is 5.13 Å². The Bertz CT molecular complexity index is 275. The summed E-state index contributed by atoms with van der Waals surface area (Å²) in [6.07, 6.45) is 0. The Hall–Kier alpha value is -1.22. The summed E-state index contributed by atoms with van der Waals surface area (Å²) in [5.74, 6) is 0. The molecule has 0 atom stereocenters. The fourth-order valence-electron chi connectivity index (χ4n) is 0.220. The summed E-state index contributed by atoms with van der Waals surface area (Å²) < 4.78 is 0. The lowest BCUT2D eigenvalue weighted by atomic mass is 11.2. The van der Waals surface area contributed by atoms with Crippen LogP contribution in [0.1, 0.15) is 0 Å². The summed E-state index contributed by atoms with van der Waals surface area (Å²) in [6, 6.07) is 0. The Labute approximate surface area is 67.8 Å². The summed E-state index contributed by atoms with van der Waals surface area (Å²) in [5, 5.41) is 21.0. The molecule has 62 valence electrons. The molecule has 0 fully saturated rings. The quantitative estimate of drug-likeness (QED) is 0.304. The summed E-state index contributed by atoms with van der Waals surface area (Å²) in [4.78, 5) is 12.2. The third-order valence-electron chi connectivity index (χ3n) is 0.418. The second-order valence-corrected chi connectivity index (χ2v) is 3.30. The number of hydrogen-bond donors (Lipinski definition) is 3. The molecule has 9 heteroatoms. The number of nitrogens with one attached hydrogen (secondary N) is 1. The molecule has 0 spiro atoms. The predicted octanol–water partition coefficient (Wildman–Crippen LogP) is -0.0814. The van der Waals surface area contributed by atoms with Crippen LogP contribution in [0.4, 0.5) is 5.13 Å². The number of nitrogen functional groups attached to an aromatic ring is 1. The van der Waals surface area contributed by atoms with Gasteiger partial charge in [0.1, 0.15) is 0 Å². The molecule has 0 aliphatic rings. The molecule has 0 saturated heterocycles. The predicted molar refractivity (Wildman–Crippen MR) is 39.0 cm³/mol. The molecule has 7 nitrogen and oxygen atoms in total. The number of nitrogens with two attached hydrogens (primary N) is 1. The standard InChI is InChI=1S/C2H3N3S2.HNO3/c3-1-5-2(4)7-6-1;2-1(3)4/h(H3,3,4,5);(H,2,3,4). The molecule has 1 heterocycles. The molecule has 0 unspecified atom stereocenters. The van der Waals surface area contributed by atoms with Gasteiger partial charge in [-0.1, -0.05) is 0 Å². The van der Waals surface area contributed by atoms with Gasteiger partial charge in [-0.2, -0.15) is 4.98 Å². The minimum atomic E-state index is -1.50. The van der Waals surface area contributed by atoms with E-state index in [2.05, 4.69) is 4.98 Å². The fraction of sp³-hybridized carbons (Fsp3) is 0. The zero-order valence-corrected chi connectivity index (χ0v) is 6.68. The van der Waals surface area contributed by atoms with Crippen molar-refractivity contribution >= 4 is 25.8 Å². The maximum Gasteiger partial charge on any atom is 0.291 e. The average molecular weight is 196 g/mol. The average Bonchev–Trinajstić information content (AvgIpc) is 2.13. The van der Waals surface area contributed by atoms with Crippen molar-refractivity contribution in [1.29, 1.82) is 5.41 Å². The van der Waals surface area contributed by atoms with Crippen molar-refractivity contribution in [3.63, 3.8) is 0 Å². The fourth-order valence-corrected chi connectivity index (χ4v) is 1.42. The highest BCUT2D eigenvalue weighted by Gasteiger charge is 1.84. The molecular weight excluding hydrogens is 192 g/mol. The van der Waals surface area contributed by atoms with Crippen LogP contribution in [-0.2, 0) is 0 Å². The summed E-state index contributed by atoms with van der Waals surface area (Å²) >= 11 is 0. The van der Waals surface area contributed by atoms with Crippen molar-refractivity contribution in [1.82, 2.24) is 4.98 Å². The first kappa shape index (κ1) is 9.78. The molecule has 1 aromatic heterocycles. The lowest BCUT2D eigenvalue weighted by molar-refractivity contribution is -0.742. The number of aromatic nitrogens is 1. The van der Waals surface area contributed by atoms with Gasteiger partial charge < -0.3 is 10.9 Å². The van der Waals surface area contributed by atoms with Gasteiger partial charge in [0.2, 0.25) is 4.80 Å². The molecule has 1 aromatic rings. The molecule has 4 N–H and O–H groups in total. The Morgan fingerprint density at radius 3 is 2.27 bits per heavy atom. The summed E-state index contributed by atoms with van der Waals surface area (Å²) in [7, 11) is 2.60. The van der Waals surface area contributed by atoms with E-state index in [9.17, 15) is 0 Å². The van der Waals surface area contributed by atoms with Crippen LogP contribution in [0.2, 0.25) is 0 Å². The van der Waals surface area contributed by atoms with Crippen LogP contribution in [0.3, 0.4) is 0 Å². The first-order valence-corrected chi connectivity index (χ1v) is 4.28. The Kier molecular flexibility index (Phi) is 4.07. The lowest BCUT2D eigenvalue weighted by Crippen LogP contribution is -1.94. The SMILES string of the molecule is N=c1nc(N)ss1.O=[N+]([O-])O. The minimum absolute atomic E-state index is 0.294. The third-order valence-corrected chi connectivity index (χ3v) is 2.25. The first-order valence-electron chi connectivity index (χ1n) is 2.13. The van der Waals surface area contributed by atoms with Crippen LogP contribution in [0, 0.1) is 15.5 Å². The normalized spacial score (nSPS) is 8.00. The Morgan fingerprint density at radius 1 is 1.73 bits per heavy atom. The molecule has 1 rings (SSSR count). The maximum absolute atomic E-state index is 8.36. The molecular formula is C2H4N4O3S2. The van der Waals surface area contributed by atoms with Crippen LogP contribution in [0.5, 0.6) is 0 Å². The van der Waals surface area contributed by atoms with E-state index in [1.54, 1.807) is 0 Å². The highest BCUT2D eigenvalue weighted by molar-refractivity contribution is 7.69. The van der Waals surface area contributed by atoms with Gasteiger partial charge in [-0.25, -0.2) is 0 Å².